The van der Waals surface area contributed by atoms with Crippen LogP contribution in [0.15, 0.2) is 84.0 Å². The predicted molar refractivity (Wildman–Crippen MR) is 155 cm³/mol. The zero-order chi connectivity index (χ0) is 29.2. The second-order valence-corrected chi connectivity index (χ2v) is 11.7. The molecule has 4 rings (SSSR count). The van der Waals surface area contributed by atoms with E-state index < -0.39 is 22.2 Å². The number of carbonyl (C=O) groups excluding carboxylic acids is 2. The molecule has 2 amide bonds. The number of ether oxygens (including phenoxy) is 1. The molecule has 1 heterocycles. The monoisotopic (exact) mass is 542 g/mol. The lowest BCUT2D eigenvalue weighted by atomic mass is 9.97. The number of hydrogen-bond acceptors (Lipinski definition) is 6. The molecular weight excluding hydrogens is 508 g/mol. The molecule has 3 aromatic rings. The van der Waals surface area contributed by atoms with E-state index in [-0.39, 0.29) is 17.6 Å². The number of hydrazone groups is 1. The maximum Gasteiger partial charge on any atom is 0.415 e. The fourth-order valence-electron chi connectivity index (χ4n) is 4.54. The minimum atomic E-state index is -0.634. The summed E-state index contributed by atoms with van der Waals surface area (Å²) < 4.78 is 5.66. The van der Waals surface area contributed by atoms with Crippen LogP contribution in [0.5, 0.6) is 0 Å². The molecule has 1 aliphatic rings. The number of non-ortho nitro benzene ring substituents is 1. The average molecular weight is 543 g/mol. The van der Waals surface area contributed by atoms with Crippen LogP contribution in [0.4, 0.5) is 16.2 Å². The van der Waals surface area contributed by atoms with Gasteiger partial charge in [0.15, 0.2) is 0 Å². The van der Waals surface area contributed by atoms with Gasteiger partial charge in [0.2, 0.25) is 0 Å². The van der Waals surface area contributed by atoms with Crippen LogP contribution >= 0.6 is 0 Å². The van der Waals surface area contributed by atoms with E-state index in [1.807, 2.05) is 96.1 Å². The van der Waals surface area contributed by atoms with Gasteiger partial charge in [-0.15, -0.1) is 0 Å². The Balaban J connectivity index is 1.66. The first kappa shape index (κ1) is 28.5. The van der Waals surface area contributed by atoms with Crippen LogP contribution in [0, 0.1) is 10.1 Å². The molecule has 0 N–H and O–H groups in total. The van der Waals surface area contributed by atoms with Crippen molar-refractivity contribution in [3.05, 3.63) is 106 Å². The number of carbonyl (C=O) groups is 2. The summed E-state index contributed by atoms with van der Waals surface area (Å²) in [5.41, 5.74) is 2.21. The van der Waals surface area contributed by atoms with E-state index in [4.69, 9.17) is 9.84 Å². The summed E-state index contributed by atoms with van der Waals surface area (Å²) in [6, 6.07) is 22.3. The molecule has 1 atom stereocenters. The average Bonchev–Trinajstić information content (AvgIpc) is 3.33. The Morgan fingerprint density at radius 2 is 1.52 bits per heavy atom. The Kier molecular flexibility index (Phi) is 7.77. The molecular formula is C31H34N4O5. The Morgan fingerprint density at radius 1 is 0.925 bits per heavy atom. The maximum absolute atomic E-state index is 13.5. The highest BCUT2D eigenvalue weighted by atomic mass is 16.6. The number of anilines is 1. The van der Waals surface area contributed by atoms with Crippen LogP contribution < -0.4 is 4.90 Å². The minimum absolute atomic E-state index is 0.0856. The number of hydrogen-bond donors (Lipinski definition) is 0. The first-order chi connectivity index (χ1) is 18.7. The zero-order valence-corrected chi connectivity index (χ0v) is 23.6. The Bertz CT molecular complexity index is 1420. The summed E-state index contributed by atoms with van der Waals surface area (Å²) >= 11 is 0. The molecule has 3 aromatic carbocycles. The number of nitrogens with zero attached hydrogens (tertiary/aromatic N) is 4. The summed E-state index contributed by atoms with van der Waals surface area (Å²) in [5, 5.41) is 17.2. The van der Waals surface area contributed by atoms with Gasteiger partial charge < -0.3 is 4.74 Å². The summed E-state index contributed by atoms with van der Waals surface area (Å²) in [5.74, 6) is -0.348. The van der Waals surface area contributed by atoms with Crippen molar-refractivity contribution in [2.24, 2.45) is 5.10 Å². The van der Waals surface area contributed by atoms with Crippen molar-refractivity contribution < 1.29 is 19.2 Å². The van der Waals surface area contributed by atoms with Gasteiger partial charge in [0.25, 0.3) is 11.6 Å². The first-order valence-corrected chi connectivity index (χ1v) is 13.1. The van der Waals surface area contributed by atoms with Crippen LogP contribution in [0.25, 0.3) is 0 Å². The van der Waals surface area contributed by atoms with Gasteiger partial charge in [-0.2, -0.15) is 5.10 Å². The van der Waals surface area contributed by atoms with Crippen molar-refractivity contribution >= 4 is 29.1 Å². The van der Waals surface area contributed by atoms with Crippen LogP contribution in [-0.2, 0) is 4.74 Å². The van der Waals surface area contributed by atoms with E-state index in [9.17, 15) is 19.7 Å². The summed E-state index contributed by atoms with van der Waals surface area (Å²) in [4.78, 5) is 38.8. The standard InChI is InChI=1S/C31H34N4O5/c1-30(2,3)33(29(37)40-31(4,5)6)24-16-12-21(13-17-24)26-20-27(22-10-8-7-9-11-22)34(32-26)28(36)23-14-18-25(19-15-23)35(38)39/h7-19,27H,20H2,1-6H3. The van der Waals surface area contributed by atoms with Crippen molar-refractivity contribution in [2.75, 3.05) is 4.90 Å². The van der Waals surface area contributed by atoms with Crippen molar-refractivity contribution in [2.45, 2.75) is 65.1 Å². The van der Waals surface area contributed by atoms with Crippen LogP contribution in [0.3, 0.4) is 0 Å². The lowest BCUT2D eigenvalue weighted by Gasteiger charge is -2.36. The van der Waals surface area contributed by atoms with E-state index in [1.165, 1.54) is 29.3 Å². The van der Waals surface area contributed by atoms with Crippen LogP contribution in [0.1, 0.15) is 75.5 Å². The molecule has 0 spiro atoms. The Labute approximate surface area is 234 Å². The van der Waals surface area contributed by atoms with E-state index in [0.29, 0.717) is 17.7 Å². The van der Waals surface area contributed by atoms with Crippen LogP contribution in [0.2, 0.25) is 0 Å². The molecule has 0 saturated carbocycles. The third kappa shape index (κ3) is 6.36. The van der Waals surface area contributed by atoms with E-state index >= 15 is 0 Å². The van der Waals surface area contributed by atoms with Crippen LogP contribution in [-0.4, -0.2) is 38.8 Å². The highest BCUT2D eigenvalue weighted by Crippen LogP contribution is 2.35. The molecule has 9 heteroatoms. The number of rotatable bonds is 5. The Hall–Kier alpha value is -4.53. The molecule has 1 unspecified atom stereocenters. The van der Waals surface area contributed by atoms with Crippen molar-refractivity contribution in [1.29, 1.82) is 0 Å². The summed E-state index contributed by atoms with van der Waals surface area (Å²) in [6.45, 7) is 11.3. The molecule has 0 aliphatic carbocycles. The molecule has 0 radical (unpaired) electrons. The number of nitro groups is 1. The maximum atomic E-state index is 13.5. The third-order valence-corrected chi connectivity index (χ3v) is 6.33. The van der Waals surface area contributed by atoms with Gasteiger partial charge in [-0.3, -0.25) is 19.8 Å². The molecule has 0 fully saturated rings. The molecule has 9 nitrogen and oxygen atoms in total. The molecule has 1 aliphatic heterocycles. The second kappa shape index (κ2) is 10.9. The summed E-state index contributed by atoms with van der Waals surface area (Å²) in [6.07, 6.45) is 0.0481. The SMILES string of the molecule is CC(C)(C)OC(=O)N(c1ccc(C2=NN(C(=O)c3ccc([N+](=O)[O-])cc3)C(c3ccccc3)C2)cc1)C(C)(C)C. The fourth-order valence-corrected chi connectivity index (χ4v) is 4.54. The highest BCUT2D eigenvalue weighted by molar-refractivity contribution is 6.05. The van der Waals surface area contributed by atoms with Crippen molar-refractivity contribution in [3.63, 3.8) is 0 Å². The Morgan fingerprint density at radius 3 is 2.05 bits per heavy atom. The molecule has 208 valence electrons. The summed E-state index contributed by atoms with van der Waals surface area (Å²) in [7, 11) is 0. The number of benzene rings is 3. The van der Waals surface area contributed by atoms with Crippen molar-refractivity contribution in [1.82, 2.24) is 5.01 Å². The quantitative estimate of drug-likeness (QED) is 0.252. The van der Waals surface area contributed by atoms with Gasteiger partial charge in [0.05, 0.1) is 16.7 Å². The van der Waals surface area contributed by atoms with Gasteiger partial charge in [-0.05, 0) is 76.9 Å². The van der Waals surface area contributed by atoms with Gasteiger partial charge in [-0.25, -0.2) is 9.80 Å². The second-order valence-electron chi connectivity index (χ2n) is 11.7. The fraction of sp³-hybridized carbons (Fsp3) is 0.323. The van der Waals surface area contributed by atoms with Gasteiger partial charge in [0.1, 0.15) is 5.60 Å². The molecule has 0 bridgehead atoms. The van der Waals surface area contributed by atoms with Gasteiger partial charge >= 0.3 is 6.09 Å². The van der Waals surface area contributed by atoms with E-state index in [1.54, 1.807) is 4.90 Å². The lowest BCUT2D eigenvalue weighted by molar-refractivity contribution is -0.384. The lowest BCUT2D eigenvalue weighted by Crippen LogP contribution is -2.48. The molecule has 0 aromatic heterocycles. The van der Waals surface area contributed by atoms with Gasteiger partial charge in [0, 0.05) is 35.3 Å². The largest absolute Gasteiger partial charge is 0.443 e. The first-order valence-electron chi connectivity index (χ1n) is 13.1. The third-order valence-electron chi connectivity index (χ3n) is 6.33. The molecule has 0 saturated heterocycles. The van der Waals surface area contributed by atoms with Crippen molar-refractivity contribution in [3.8, 4) is 0 Å². The number of amides is 2. The van der Waals surface area contributed by atoms with E-state index in [0.717, 1.165) is 16.8 Å². The number of nitro benzene ring substituents is 1. The zero-order valence-electron chi connectivity index (χ0n) is 23.6. The normalized spacial score (nSPS) is 15.4. The minimum Gasteiger partial charge on any atom is -0.443 e. The smallest absolute Gasteiger partial charge is 0.415 e. The predicted octanol–water partition coefficient (Wildman–Crippen LogP) is 7.13. The highest BCUT2D eigenvalue weighted by Gasteiger charge is 2.35. The van der Waals surface area contributed by atoms with Gasteiger partial charge in [-0.1, -0.05) is 42.5 Å². The topological polar surface area (TPSA) is 105 Å². The van der Waals surface area contributed by atoms with E-state index in [2.05, 4.69) is 0 Å². The molecule has 40 heavy (non-hydrogen) atoms.